The van der Waals surface area contributed by atoms with Crippen molar-refractivity contribution in [3.8, 4) is 0 Å². The molecule has 0 bridgehead atoms. The van der Waals surface area contributed by atoms with Crippen LogP contribution in [-0.2, 0) is 4.79 Å². The van der Waals surface area contributed by atoms with Crippen molar-refractivity contribution in [2.75, 3.05) is 13.1 Å². The highest BCUT2D eigenvalue weighted by molar-refractivity contribution is 5.85. The summed E-state index contributed by atoms with van der Waals surface area (Å²) < 4.78 is 0. The number of H-pyrrole nitrogens is 1. The molecule has 4 heteroatoms. The number of aromatic nitrogens is 1. The van der Waals surface area contributed by atoms with Gasteiger partial charge in [0.05, 0.1) is 12.0 Å². The lowest BCUT2D eigenvalue weighted by molar-refractivity contribution is -0.137. The lowest BCUT2D eigenvalue weighted by Gasteiger charge is -2.34. The first-order chi connectivity index (χ1) is 12.1. The number of carbonyl (C=O) groups is 1. The summed E-state index contributed by atoms with van der Waals surface area (Å²) in [7, 11) is 0. The fourth-order valence-electron chi connectivity index (χ4n) is 4.85. The number of amides is 1. The molecule has 1 amide bonds. The minimum absolute atomic E-state index is 0.137. The Morgan fingerprint density at radius 3 is 2.64 bits per heavy atom. The number of para-hydroxylation sites is 1. The van der Waals surface area contributed by atoms with Crippen LogP contribution in [0.15, 0.2) is 24.3 Å². The smallest absolute Gasteiger partial charge is 0.225 e. The number of hydrogen-bond acceptors (Lipinski definition) is 2. The average Bonchev–Trinajstić information content (AvgIpc) is 3.17. The number of nitrogens with zero attached hydrogens (tertiary/aromatic N) is 1. The number of piperidine rings is 1. The van der Waals surface area contributed by atoms with Crippen molar-refractivity contribution in [2.45, 2.75) is 63.4 Å². The van der Waals surface area contributed by atoms with Gasteiger partial charge in [0, 0.05) is 29.7 Å². The van der Waals surface area contributed by atoms with Gasteiger partial charge in [-0.1, -0.05) is 31.0 Å². The third-order valence-corrected chi connectivity index (χ3v) is 6.21. The van der Waals surface area contributed by atoms with Crippen molar-refractivity contribution in [3.05, 3.63) is 35.5 Å². The molecule has 2 aliphatic rings. The van der Waals surface area contributed by atoms with Gasteiger partial charge in [0.25, 0.3) is 0 Å². The lowest BCUT2D eigenvalue weighted by atomic mass is 9.87. The predicted molar refractivity (Wildman–Crippen MR) is 99.6 cm³/mol. The van der Waals surface area contributed by atoms with Gasteiger partial charge < -0.3 is 15.0 Å². The summed E-state index contributed by atoms with van der Waals surface area (Å²) in [6, 6.07) is 8.49. The number of fused-ring (bicyclic) bond motifs is 1. The van der Waals surface area contributed by atoms with Crippen LogP contribution in [-0.4, -0.2) is 39.6 Å². The third kappa shape index (κ3) is 3.20. The lowest BCUT2D eigenvalue weighted by Crippen LogP contribution is -2.42. The Hall–Kier alpha value is -1.81. The number of likely N-dealkylation sites (tertiary alicyclic amines) is 1. The molecule has 0 unspecified atom stereocenters. The minimum atomic E-state index is -0.735. The van der Waals surface area contributed by atoms with Crippen LogP contribution in [0.25, 0.3) is 10.9 Å². The predicted octanol–water partition coefficient (Wildman–Crippen LogP) is 3.88. The fraction of sp³-hybridized carbons (Fsp3) is 0.571. The van der Waals surface area contributed by atoms with E-state index in [4.69, 9.17) is 0 Å². The molecule has 4 rings (SSSR count). The van der Waals surface area contributed by atoms with Gasteiger partial charge in [0.15, 0.2) is 0 Å². The summed E-state index contributed by atoms with van der Waals surface area (Å²) >= 11 is 0. The highest BCUT2D eigenvalue weighted by Crippen LogP contribution is 2.37. The molecule has 1 aliphatic heterocycles. The summed E-state index contributed by atoms with van der Waals surface area (Å²) in [4.78, 5) is 18.1. The normalized spacial score (nSPS) is 21.1. The van der Waals surface area contributed by atoms with E-state index in [1.807, 2.05) is 4.90 Å². The quantitative estimate of drug-likeness (QED) is 0.891. The second kappa shape index (κ2) is 6.49. The van der Waals surface area contributed by atoms with Crippen molar-refractivity contribution in [3.63, 3.8) is 0 Å². The number of aliphatic hydroxyl groups is 1. The number of benzene rings is 1. The summed E-state index contributed by atoms with van der Waals surface area (Å²) in [5.41, 5.74) is 3.15. The largest absolute Gasteiger partial charge is 0.389 e. The van der Waals surface area contributed by atoms with Gasteiger partial charge in [-0.05, 0) is 50.2 Å². The molecule has 134 valence electrons. The molecule has 1 saturated carbocycles. The first kappa shape index (κ1) is 16.6. The highest BCUT2D eigenvalue weighted by atomic mass is 16.3. The number of nitrogens with one attached hydrogen (secondary N) is 1. The number of aromatic amines is 1. The molecular weight excluding hydrogens is 312 g/mol. The first-order valence-electron chi connectivity index (χ1n) is 9.63. The maximum Gasteiger partial charge on any atom is 0.225 e. The third-order valence-electron chi connectivity index (χ3n) is 6.21. The number of aryl methyl sites for hydroxylation is 1. The van der Waals surface area contributed by atoms with Crippen LogP contribution in [0, 0.1) is 6.92 Å². The van der Waals surface area contributed by atoms with Crippen LogP contribution in [0.1, 0.15) is 62.1 Å². The molecule has 1 aromatic heterocycles. The topological polar surface area (TPSA) is 56.3 Å². The molecule has 1 saturated heterocycles. The monoisotopic (exact) mass is 340 g/mol. The van der Waals surface area contributed by atoms with Crippen molar-refractivity contribution in [2.24, 2.45) is 0 Å². The van der Waals surface area contributed by atoms with Gasteiger partial charge in [-0.25, -0.2) is 0 Å². The summed E-state index contributed by atoms with van der Waals surface area (Å²) in [5.74, 6) is 0.647. The van der Waals surface area contributed by atoms with Crippen molar-refractivity contribution >= 4 is 16.8 Å². The van der Waals surface area contributed by atoms with E-state index in [1.54, 1.807) is 0 Å². The van der Waals surface area contributed by atoms with E-state index in [0.717, 1.165) is 51.6 Å². The van der Waals surface area contributed by atoms with Gasteiger partial charge >= 0.3 is 0 Å². The van der Waals surface area contributed by atoms with Crippen molar-refractivity contribution < 1.29 is 9.90 Å². The van der Waals surface area contributed by atoms with E-state index < -0.39 is 5.60 Å². The van der Waals surface area contributed by atoms with Crippen molar-refractivity contribution in [1.29, 1.82) is 0 Å². The van der Waals surface area contributed by atoms with E-state index in [1.165, 1.54) is 22.2 Å². The van der Waals surface area contributed by atoms with Crippen LogP contribution >= 0.6 is 0 Å². The van der Waals surface area contributed by atoms with Gasteiger partial charge in [0.2, 0.25) is 5.91 Å². The molecule has 4 nitrogen and oxygen atoms in total. The molecule has 0 radical (unpaired) electrons. The van der Waals surface area contributed by atoms with Gasteiger partial charge in [0.1, 0.15) is 0 Å². The van der Waals surface area contributed by atoms with E-state index in [-0.39, 0.29) is 5.91 Å². The molecule has 1 aliphatic carbocycles. The average molecular weight is 340 g/mol. The molecule has 0 spiro atoms. The second-order valence-corrected chi connectivity index (χ2v) is 7.97. The standard InChI is InChI=1S/C21H28N2O2/c1-15-20(17-6-2-3-7-18(17)22-15)16-8-12-23(13-9-16)19(24)14-21(25)10-4-5-11-21/h2-3,6-7,16,22,25H,4-5,8-14H2,1H3. The van der Waals surface area contributed by atoms with Crippen LogP contribution in [0.3, 0.4) is 0 Å². The Kier molecular flexibility index (Phi) is 4.32. The Bertz CT molecular complexity index is 765. The second-order valence-electron chi connectivity index (χ2n) is 7.97. The van der Waals surface area contributed by atoms with Gasteiger partial charge in [-0.2, -0.15) is 0 Å². The number of carbonyl (C=O) groups excluding carboxylic acids is 1. The zero-order valence-corrected chi connectivity index (χ0v) is 15.1. The summed E-state index contributed by atoms with van der Waals surface area (Å²) in [6.07, 6.45) is 5.98. The van der Waals surface area contributed by atoms with Crippen LogP contribution in [0.5, 0.6) is 0 Å². The molecule has 1 aromatic carbocycles. The van der Waals surface area contributed by atoms with E-state index in [9.17, 15) is 9.90 Å². The highest BCUT2D eigenvalue weighted by Gasteiger charge is 2.36. The molecular formula is C21H28N2O2. The number of rotatable bonds is 3. The maximum atomic E-state index is 12.6. The Morgan fingerprint density at radius 1 is 1.24 bits per heavy atom. The first-order valence-corrected chi connectivity index (χ1v) is 9.63. The molecule has 2 fully saturated rings. The van der Waals surface area contributed by atoms with E-state index in [2.05, 4.69) is 36.2 Å². The van der Waals surface area contributed by atoms with Crippen LogP contribution < -0.4 is 0 Å². The molecule has 2 heterocycles. The van der Waals surface area contributed by atoms with E-state index in [0.29, 0.717) is 12.3 Å². The molecule has 2 aromatic rings. The van der Waals surface area contributed by atoms with Gasteiger partial charge in [-0.3, -0.25) is 4.79 Å². The summed E-state index contributed by atoms with van der Waals surface area (Å²) in [5, 5.41) is 11.8. The SMILES string of the molecule is Cc1[nH]c2ccccc2c1C1CCN(C(=O)CC2(O)CCCC2)CC1. The minimum Gasteiger partial charge on any atom is -0.389 e. The Labute approximate surface area is 149 Å². The summed E-state index contributed by atoms with van der Waals surface area (Å²) in [6.45, 7) is 3.76. The molecule has 25 heavy (non-hydrogen) atoms. The Balaban J connectivity index is 1.42. The van der Waals surface area contributed by atoms with Crippen LogP contribution in [0.4, 0.5) is 0 Å². The zero-order valence-electron chi connectivity index (χ0n) is 15.1. The van der Waals surface area contributed by atoms with Crippen molar-refractivity contribution in [1.82, 2.24) is 9.88 Å². The number of hydrogen-bond donors (Lipinski definition) is 2. The molecule has 2 N–H and O–H groups in total. The molecule has 0 atom stereocenters. The van der Waals surface area contributed by atoms with Crippen LogP contribution in [0.2, 0.25) is 0 Å². The fourth-order valence-corrected chi connectivity index (χ4v) is 4.85. The maximum absolute atomic E-state index is 12.6. The Morgan fingerprint density at radius 2 is 1.92 bits per heavy atom. The van der Waals surface area contributed by atoms with Gasteiger partial charge in [-0.15, -0.1) is 0 Å². The van der Waals surface area contributed by atoms with E-state index >= 15 is 0 Å². The zero-order chi connectivity index (χ0) is 17.4.